The smallest absolute Gasteiger partial charge is 0.194 e. The summed E-state index contributed by atoms with van der Waals surface area (Å²) >= 11 is 5.07. The molecule has 0 amide bonds. The van der Waals surface area contributed by atoms with Crippen LogP contribution in [0.4, 0.5) is 0 Å². The van der Waals surface area contributed by atoms with Gasteiger partial charge in [-0.25, -0.2) is 0 Å². The molecule has 0 aliphatic carbocycles. The van der Waals surface area contributed by atoms with Crippen molar-refractivity contribution in [3.63, 3.8) is 0 Å². The third-order valence-corrected chi connectivity index (χ3v) is 3.27. The summed E-state index contributed by atoms with van der Waals surface area (Å²) in [4.78, 5) is 0. The van der Waals surface area contributed by atoms with Crippen molar-refractivity contribution in [2.24, 2.45) is 13.0 Å². The standard InChI is InChI=1S/C9H16N4S/c1-13-8(11-12-9(13)14)6-7-2-4-10-5-3-7/h7,10H,2-6H2,1H3,(H,12,14). The first kappa shape index (κ1) is 9.86. The maximum absolute atomic E-state index is 5.07. The minimum absolute atomic E-state index is 0.717. The van der Waals surface area contributed by atoms with Gasteiger partial charge in [-0.2, -0.15) is 5.10 Å². The first-order valence-electron chi connectivity index (χ1n) is 5.08. The van der Waals surface area contributed by atoms with Crippen molar-refractivity contribution >= 4 is 12.2 Å². The van der Waals surface area contributed by atoms with Crippen molar-refractivity contribution in [2.75, 3.05) is 13.1 Å². The van der Waals surface area contributed by atoms with Crippen LogP contribution >= 0.6 is 12.2 Å². The van der Waals surface area contributed by atoms with Crippen LogP contribution in [0.25, 0.3) is 0 Å². The van der Waals surface area contributed by atoms with Gasteiger partial charge < -0.3 is 9.88 Å². The van der Waals surface area contributed by atoms with E-state index in [4.69, 9.17) is 12.2 Å². The van der Waals surface area contributed by atoms with Gasteiger partial charge in [0.25, 0.3) is 0 Å². The molecule has 78 valence electrons. The molecule has 0 aromatic carbocycles. The number of H-pyrrole nitrogens is 1. The number of aromatic nitrogens is 3. The van der Waals surface area contributed by atoms with Crippen LogP contribution in [0.5, 0.6) is 0 Å². The minimum Gasteiger partial charge on any atom is -0.317 e. The first-order chi connectivity index (χ1) is 6.77. The summed E-state index contributed by atoms with van der Waals surface area (Å²) in [6.45, 7) is 2.28. The third-order valence-electron chi connectivity index (χ3n) is 2.90. The Morgan fingerprint density at radius 1 is 1.50 bits per heavy atom. The average Bonchev–Trinajstić information content (AvgIpc) is 2.52. The number of piperidine rings is 1. The summed E-state index contributed by atoms with van der Waals surface area (Å²) < 4.78 is 2.69. The predicted octanol–water partition coefficient (Wildman–Crippen LogP) is 1.02. The summed E-state index contributed by atoms with van der Waals surface area (Å²) in [5.41, 5.74) is 0. The van der Waals surface area contributed by atoms with E-state index in [1.165, 1.54) is 12.8 Å². The van der Waals surface area contributed by atoms with E-state index in [-0.39, 0.29) is 0 Å². The van der Waals surface area contributed by atoms with Crippen molar-refractivity contribution in [1.82, 2.24) is 20.1 Å². The molecular formula is C9H16N4S. The van der Waals surface area contributed by atoms with Gasteiger partial charge in [-0.1, -0.05) is 0 Å². The Hall–Kier alpha value is -0.680. The van der Waals surface area contributed by atoms with Crippen molar-refractivity contribution in [3.8, 4) is 0 Å². The normalized spacial score (nSPS) is 18.6. The van der Waals surface area contributed by atoms with Gasteiger partial charge in [-0.15, -0.1) is 0 Å². The van der Waals surface area contributed by atoms with Crippen LogP contribution in [0, 0.1) is 10.7 Å². The molecule has 0 atom stereocenters. The highest BCUT2D eigenvalue weighted by Crippen LogP contribution is 2.16. The van der Waals surface area contributed by atoms with Crippen LogP contribution in [0.15, 0.2) is 0 Å². The molecule has 1 aliphatic rings. The molecule has 2 N–H and O–H groups in total. The zero-order chi connectivity index (χ0) is 9.97. The van der Waals surface area contributed by atoms with Gasteiger partial charge in [-0.05, 0) is 44.1 Å². The highest BCUT2D eigenvalue weighted by molar-refractivity contribution is 7.71. The zero-order valence-corrected chi connectivity index (χ0v) is 9.23. The Balaban J connectivity index is 2.02. The molecule has 0 unspecified atom stereocenters. The zero-order valence-electron chi connectivity index (χ0n) is 8.42. The van der Waals surface area contributed by atoms with E-state index in [1.54, 1.807) is 0 Å². The molecule has 2 heterocycles. The Morgan fingerprint density at radius 3 is 2.79 bits per heavy atom. The van der Waals surface area contributed by atoms with Crippen LogP contribution in [0.1, 0.15) is 18.7 Å². The lowest BCUT2D eigenvalue weighted by molar-refractivity contribution is 0.364. The molecule has 0 bridgehead atoms. The molecule has 0 radical (unpaired) electrons. The molecule has 0 saturated carbocycles. The van der Waals surface area contributed by atoms with E-state index in [2.05, 4.69) is 15.5 Å². The van der Waals surface area contributed by atoms with Crippen LogP contribution in [0.3, 0.4) is 0 Å². The maximum atomic E-state index is 5.07. The molecule has 5 heteroatoms. The van der Waals surface area contributed by atoms with E-state index >= 15 is 0 Å². The number of aromatic amines is 1. The Morgan fingerprint density at radius 2 is 2.21 bits per heavy atom. The van der Waals surface area contributed by atoms with Gasteiger partial charge in [0.15, 0.2) is 4.77 Å². The first-order valence-corrected chi connectivity index (χ1v) is 5.49. The van der Waals surface area contributed by atoms with Gasteiger partial charge in [-0.3, -0.25) is 5.10 Å². The summed E-state index contributed by atoms with van der Waals surface area (Å²) in [6, 6.07) is 0. The monoisotopic (exact) mass is 212 g/mol. The van der Waals surface area contributed by atoms with E-state index in [0.29, 0.717) is 4.77 Å². The lowest BCUT2D eigenvalue weighted by Gasteiger charge is -2.21. The molecular weight excluding hydrogens is 196 g/mol. The molecule has 4 nitrogen and oxygen atoms in total. The fourth-order valence-electron chi connectivity index (χ4n) is 1.91. The molecule has 14 heavy (non-hydrogen) atoms. The number of nitrogens with zero attached hydrogens (tertiary/aromatic N) is 2. The van der Waals surface area contributed by atoms with Crippen molar-refractivity contribution in [3.05, 3.63) is 10.6 Å². The molecule has 1 fully saturated rings. The second-order valence-electron chi connectivity index (χ2n) is 3.90. The highest BCUT2D eigenvalue weighted by atomic mass is 32.1. The van der Waals surface area contributed by atoms with E-state index in [9.17, 15) is 0 Å². The van der Waals surface area contributed by atoms with Gasteiger partial charge in [0, 0.05) is 13.5 Å². The Kier molecular flexibility index (Phi) is 2.98. The van der Waals surface area contributed by atoms with Gasteiger partial charge in [0.1, 0.15) is 5.82 Å². The largest absolute Gasteiger partial charge is 0.317 e. The van der Waals surface area contributed by atoms with E-state index in [0.717, 1.165) is 31.3 Å². The second kappa shape index (κ2) is 4.23. The number of hydrogen-bond donors (Lipinski definition) is 2. The topological polar surface area (TPSA) is 45.6 Å². The third kappa shape index (κ3) is 2.04. The van der Waals surface area contributed by atoms with Crippen LogP contribution in [-0.2, 0) is 13.5 Å². The van der Waals surface area contributed by atoms with Gasteiger partial charge in [0.05, 0.1) is 0 Å². The van der Waals surface area contributed by atoms with E-state index in [1.807, 2.05) is 11.6 Å². The van der Waals surface area contributed by atoms with Crippen molar-refractivity contribution in [2.45, 2.75) is 19.3 Å². The van der Waals surface area contributed by atoms with Crippen LogP contribution in [0.2, 0.25) is 0 Å². The predicted molar refractivity (Wildman–Crippen MR) is 57.7 cm³/mol. The Bertz CT molecular complexity index is 348. The fourth-order valence-corrected chi connectivity index (χ4v) is 2.06. The molecule has 1 saturated heterocycles. The van der Waals surface area contributed by atoms with Crippen molar-refractivity contribution < 1.29 is 0 Å². The summed E-state index contributed by atoms with van der Waals surface area (Å²) in [7, 11) is 1.97. The number of nitrogens with one attached hydrogen (secondary N) is 2. The average molecular weight is 212 g/mol. The SMILES string of the molecule is Cn1c(CC2CCNCC2)n[nH]c1=S. The molecule has 1 aliphatic heterocycles. The quantitative estimate of drug-likeness (QED) is 0.719. The second-order valence-corrected chi connectivity index (χ2v) is 4.29. The van der Waals surface area contributed by atoms with Crippen LogP contribution < -0.4 is 5.32 Å². The van der Waals surface area contributed by atoms with Gasteiger partial charge in [0.2, 0.25) is 0 Å². The summed E-state index contributed by atoms with van der Waals surface area (Å²) in [5.74, 6) is 1.85. The summed E-state index contributed by atoms with van der Waals surface area (Å²) in [5, 5.41) is 10.4. The fraction of sp³-hybridized carbons (Fsp3) is 0.778. The van der Waals surface area contributed by atoms with Crippen LogP contribution in [-0.4, -0.2) is 27.9 Å². The maximum Gasteiger partial charge on any atom is 0.194 e. The minimum atomic E-state index is 0.717. The summed E-state index contributed by atoms with van der Waals surface area (Å²) in [6.07, 6.45) is 3.55. The highest BCUT2D eigenvalue weighted by Gasteiger charge is 2.15. The number of hydrogen-bond acceptors (Lipinski definition) is 3. The van der Waals surface area contributed by atoms with Crippen molar-refractivity contribution in [1.29, 1.82) is 0 Å². The molecule has 1 aromatic rings. The lowest BCUT2D eigenvalue weighted by atomic mass is 9.94. The molecule has 0 spiro atoms. The molecule has 1 aromatic heterocycles. The van der Waals surface area contributed by atoms with Gasteiger partial charge >= 0.3 is 0 Å². The van der Waals surface area contributed by atoms with E-state index < -0.39 is 0 Å². The number of rotatable bonds is 2. The Labute approximate surface area is 88.7 Å². The lowest BCUT2D eigenvalue weighted by Crippen LogP contribution is -2.29. The molecule has 2 rings (SSSR count).